The normalized spacial score (nSPS) is 22.2. The van der Waals surface area contributed by atoms with Crippen molar-refractivity contribution in [2.24, 2.45) is 4.99 Å². The molecule has 2 N–H and O–H groups in total. The van der Waals surface area contributed by atoms with E-state index < -0.39 is 9.84 Å². The van der Waals surface area contributed by atoms with Crippen LogP contribution < -0.4 is 15.5 Å². The summed E-state index contributed by atoms with van der Waals surface area (Å²) < 4.78 is 23.3. The second-order valence-corrected chi connectivity index (χ2v) is 9.59. The van der Waals surface area contributed by atoms with Gasteiger partial charge in [-0.1, -0.05) is 18.9 Å². The van der Waals surface area contributed by atoms with Crippen molar-refractivity contribution < 1.29 is 8.42 Å². The van der Waals surface area contributed by atoms with Crippen LogP contribution in [0.1, 0.15) is 44.6 Å². The molecule has 0 amide bonds. The largest absolute Gasteiger partial charge is 0.357 e. The van der Waals surface area contributed by atoms with Gasteiger partial charge in [-0.05, 0) is 37.8 Å². The number of aromatic nitrogens is 1. The van der Waals surface area contributed by atoms with Crippen LogP contribution in [0, 0.1) is 0 Å². The van der Waals surface area contributed by atoms with Crippen molar-refractivity contribution in [2.75, 3.05) is 36.0 Å². The third-order valence-corrected chi connectivity index (χ3v) is 6.84. The fraction of sp³-hybridized carbons (Fsp3) is 0.684. The summed E-state index contributed by atoms with van der Waals surface area (Å²) in [6, 6.07) is 4.11. The quantitative estimate of drug-likeness (QED) is 0.352. The Hall–Kier alpha value is -1.10. The zero-order valence-electron chi connectivity index (χ0n) is 16.6. The van der Waals surface area contributed by atoms with E-state index in [9.17, 15) is 8.42 Å². The van der Waals surface area contributed by atoms with Crippen molar-refractivity contribution >= 4 is 45.6 Å². The molecule has 2 aliphatic heterocycles. The third-order valence-electron chi connectivity index (χ3n) is 5.08. The van der Waals surface area contributed by atoms with E-state index in [0.717, 1.165) is 31.0 Å². The van der Waals surface area contributed by atoms with Crippen LogP contribution in [0.5, 0.6) is 0 Å². The van der Waals surface area contributed by atoms with Crippen LogP contribution in [-0.4, -0.2) is 56.5 Å². The lowest BCUT2D eigenvalue weighted by atomic mass is 10.2. The minimum absolute atomic E-state index is 0. The SMILES string of the molecule is CCNC(=NCc1ccc(N2CCCCCC2)nc1)NC1CCS(=O)(=O)C1.I. The van der Waals surface area contributed by atoms with Gasteiger partial charge in [-0.15, -0.1) is 24.0 Å². The number of aliphatic imine (C=N–C) groups is 1. The number of pyridine rings is 1. The van der Waals surface area contributed by atoms with Crippen molar-refractivity contribution in [3.05, 3.63) is 23.9 Å². The molecule has 0 radical (unpaired) electrons. The smallest absolute Gasteiger partial charge is 0.191 e. The van der Waals surface area contributed by atoms with Gasteiger partial charge < -0.3 is 15.5 Å². The molecule has 1 unspecified atom stereocenters. The molecule has 0 bridgehead atoms. The Kier molecular flexibility index (Phi) is 9.26. The average Bonchev–Trinajstić information content (AvgIpc) is 2.86. The van der Waals surface area contributed by atoms with E-state index in [-0.39, 0.29) is 41.5 Å². The fourth-order valence-corrected chi connectivity index (χ4v) is 5.26. The summed E-state index contributed by atoms with van der Waals surface area (Å²) in [7, 11) is -2.90. The van der Waals surface area contributed by atoms with Crippen LogP contribution in [0.4, 0.5) is 5.82 Å². The Morgan fingerprint density at radius 2 is 2.00 bits per heavy atom. The zero-order chi connectivity index (χ0) is 19.1. The van der Waals surface area contributed by atoms with Gasteiger partial charge >= 0.3 is 0 Å². The highest BCUT2D eigenvalue weighted by molar-refractivity contribution is 14.0. The van der Waals surface area contributed by atoms with E-state index in [2.05, 4.69) is 37.6 Å². The van der Waals surface area contributed by atoms with Crippen molar-refractivity contribution in [1.29, 1.82) is 0 Å². The first-order valence-corrected chi connectivity index (χ1v) is 11.8. The first-order chi connectivity index (χ1) is 13.1. The molecule has 2 aliphatic rings. The molecule has 2 fully saturated rings. The van der Waals surface area contributed by atoms with Gasteiger partial charge in [0.2, 0.25) is 0 Å². The highest BCUT2D eigenvalue weighted by Crippen LogP contribution is 2.17. The van der Waals surface area contributed by atoms with E-state index in [4.69, 9.17) is 0 Å². The first kappa shape index (κ1) is 23.2. The second-order valence-electron chi connectivity index (χ2n) is 7.37. The number of halogens is 1. The molecule has 158 valence electrons. The highest BCUT2D eigenvalue weighted by Gasteiger charge is 2.28. The Labute approximate surface area is 185 Å². The van der Waals surface area contributed by atoms with Gasteiger partial charge in [-0.25, -0.2) is 18.4 Å². The Balaban J connectivity index is 0.00000280. The van der Waals surface area contributed by atoms with Crippen LogP contribution in [0.3, 0.4) is 0 Å². The Morgan fingerprint density at radius 3 is 2.57 bits per heavy atom. The van der Waals surface area contributed by atoms with Gasteiger partial charge in [0, 0.05) is 31.9 Å². The summed E-state index contributed by atoms with van der Waals surface area (Å²) in [5.74, 6) is 2.15. The van der Waals surface area contributed by atoms with E-state index in [1.165, 1.54) is 25.7 Å². The molecule has 1 aromatic rings. The number of sulfone groups is 1. The van der Waals surface area contributed by atoms with E-state index in [1.54, 1.807) is 0 Å². The molecule has 0 aromatic carbocycles. The van der Waals surface area contributed by atoms with Gasteiger partial charge in [0.05, 0.1) is 18.1 Å². The molecule has 1 aromatic heterocycles. The van der Waals surface area contributed by atoms with Crippen LogP contribution >= 0.6 is 24.0 Å². The number of guanidine groups is 1. The highest BCUT2D eigenvalue weighted by atomic mass is 127. The predicted octanol–water partition coefficient (Wildman–Crippen LogP) is 2.32. The molecule has 3 heterocycles. The molecule has 3 rings (SSSR count). The summed E-state index contributed by atoms with van der Waals surface area (Å²) in [4.78, 5) is 11.6. The number of nitrogens with one attached hydrogen (secondary N) is 2. The van der Waals surface area contributed by atoms with E-state index >= 15 is 0 Å². The van der Waals surface area contributed by atoms with Gasteiger partial charge in [0.25, 0.3) is 0 Å². The Bertz CT molecular complexity index is 731. The van der Waals surface area contributed by atoms with Crippen molar-refractivity contribution in [3.8, 4) is 0 Å². The monoisotopic (exact) mass is 521 g/mol. The van der Waals surface area contributed by atoms with E-state index in [0.29, 0.717) is 18.9 Å². The molecule has 2 saturated heterocycles. The molecular weight excluding hydrogens is 489 g/mol. The molecule has 0 spiro atoms. The van der Waals surface area contributed by atoms with Gasteiger partial charge in [0.1, 0.15) is 5.82 Å². The van der Waals surface area contributed by atoms with Crippen molar-refractivity contribution in [3.63, 3.8) is 0 Å². The first-order valence-electron chi connectivity index (χ1n) is 10.0. The maximum Gasteiger partial charge on any atom is 0.191 e. The summed E-state index contributed by atoms with van der Waals surface area (Å²) >= 11 is 0. The number of hydrogen-bond donors (Lipinski definition) is 2. The fourth-order valence-electron chi connectivity index (χ4n) is 3.59. The summed E-state index contributed by atoms with van der Waals surface area (Å²) in [6.07, 6.45) is 7.63. The molecule has 7 nitrogen and oxygen atoms in total. The summed E-state index contributed by atoms with van der Waals surface area (Å²) in [5, 5.41) is 6.44. The number of rotatable bonds is 5. The minimum Gasteiger partial charge on any atom is -0.357 e. The molecular formula is C19H32IN5O2S. The third kappa shape index (κ3) is 7.06. The number of hydrogen-bond acceptors (Lipinski definition) is 5. The molecule has 0 aliphatic carbocycles. The van der Waals surface area contributed by atoms with Crippen molar-refractivity contribution in [1.82, 2.24) is 15.6 Å². The Morgan fingerprint density at radius 1 is 1.25 bits per heavy atom. The lowest BCUT2D eigenvalue weighted by Crippen LogP contribution is -2.44. The maximum absolute atomic E-state index is 11.6. The number of nitrogens with zero attached hydrogens (tertiary/aromatic N) is 3. The van der Waals surface area contributed by atoms with Gasteiger partial charge in [-0.3, -0.25) is 0 Å². The van der Waals surface area contributed by atoms with Crippen LogP contribution in [0.2, 0.25) is 0 Å². The van der Waals surface area contributed by atoms with Crippen molar-refractivity contribution in [2.45, 2.75) is 51.6 Å². The molecule has 0 saturated carbocycles. The van der Waals surface area contributed by atoms with Crippen LogP contribution in [0.15, 0.2) is 23.3 Å². The topological polar surface area (TPSA) is 86.7 Å². The number of anilines is 1. The predicted molar refractivity (Wildman–Crippen MR) is 125 cm³/mol. The molecule has 28 heavy (non-hydrogen) atoms. The summed E-state index contributed by atoms with van der Waals surface area (Å²) in [6.45, 7) is 5.42. The second kappa shape index (κ2) is 11.2. The average molecular weight is 521 g/mol. The lowest BCUT2D eigenvalue weighted by molar-refractivity contribution is 0.599. The van der Waals surface area contributed by atoms with Gasteiger partial charge in [-0.2, -0.15) is 0 Å². The molecule has 9 heteroatoms. The van der Waals surface area contributed by atoms with E-state index in [1.807, 2.05) is 13.1 Å². The minimum atomic E-state index is -2.90. The standard InChI is InChI=1S/C19H31N5O2S.HI/c1-2-20-19(23-17-9-12-27(25,26)15-17)22-14-16-7-8-18(21-13-16)24-10-5-3-4-6-11-24;/h7-8,13,17H,2-6,9-12,14-15H2,1H3,(H2,20,22,23);1H. The van der Waals surface area contributed by atoms with Gasteiger partial charge in [0.15, 0.2) is 15.8 Å². The summed E-state index contributed by atoms with van der Waals surface area (Å²) in [5.41, 5.74) is 1.05. The zero-order valence-corrected chi connectivity index (χ0v) is 19.7. The molecule has 1 atom stereocenters. The maximum atomic E-state index is 11.6. The lowest BCUT2D eigenvalue weighted by Gasteiger charge is -2.21. The van der Waals surface area contributed by atoms with Crippen LogP contribution in [0.25, 0.3) is 0 Å². The van der Waals surface area contributed by atoms with Crippen LogP contribution in [-0.2, 0) is 16.4 Å².